The number of hydrogen-bond donors (Lipinski definition) is 1. The van der Waals surface area contributed by atoms with Crippen LogP contribution in [0, 0.1) is 0 Å². The molecular weight excluding hydrogens is 522 g/mol. The molecule has 0 fully saturated rings. The summed E-state index contributed by atoms with van der Waals surface area (Å²) in [6.07, 6.45) is 0. The molecule has 39 heavy (non-hydrogen) atoms. The molecule has 0 bridgehead atoms. The van der Waals surface area contributed by atoms with E-state index >= 15 is 0 Å². The van der Waals surface area contributed by atoms with Crippen LogP contribution in [0.1, 0.15) is 15.9 Å². The number of nitrogens with zero attached hydrogens (tertiary/aromatic N) is 2. The van der Waals surface area contributed by atoms with E-state index in [2.05, 4.69) is 9.88 Å². The molecule has 0 atom stereocenters. The van der Waals surface area contributed by atoms with Crippen molar-refractivity contribution in [3.63, 3.8) is 0 Å². The van der Waals surface area contributed by atoms with Crippen molar-refractivity contribution in [2.75, 3.05) is 5.32 Å². The number of fused-ring (bicyclic) bond motifs is 1. The molecule has 6 rings (SSSR count). The van der Waals surface area contributed by atoms with Gasteiger partial charge >= 0.3 is 0 Å². The first kappa shape index (κ1) is 24.9. The van der Waals surface area contributed by atoms with E-state index in [1.807, 2.05) is 127 Å². The molecule has 1 aromatic heterocycles. The quantitative estimate of drug-likeness (QED) is 0.224. The van der Waals surface area contributed by atoms with Gasteiger partial charge in [0.25, 0.3) is 5.91 Å². The minimum Gasteiger partial charge on any atom is -0.312 e. The molecule has 1 N–H and O–H groups in total. The summed E-state index contributed by atoms with van der Waals surface area (Å²) in [6.45, 7) is 0.496. The molecule has 0 aliphatic carbocycles. The highest BCUT2D eigenvalue weighted by molar-refractivity contribution is 7.14. The van der Waals surface area contributed by atoms with Gasteiger partial charge in [-0.25, -0.2) is 4.99 Å². The van der Waals surface area contributed by atoms with Crippen LogP contribution in [0.3, 0.4) is 0 Å². The number of halogens is 1. The molecule has 5 aromatic carbocycles. The normalized spacial score (nSPS) is 11.6. The maximum absolute atomic E-state index is 13.7. The number of anilines is 1. The second-order valence-corrected chi connectivity index (χ2v) is 10.4. The molecule has 190 valence electrons. The average Bonchev–Trinajstić information content (AvgIpc) is 3.30. The van der Waals surface area contributed by atoms with E-state index in [1.54, 1.807) is 0 Å². The van der Waals surface area contributed by atoms with Crippen LogP contribution in [-0.4, -0.2) is 10.5 Å². The van der Waals surface area contributed by atoms with Crippen LogP contribution in [0.15, 0.2) is 132 Å². The Morgan fingerprint density at radius 1 is 0.769 bits per heavy atom. The fraction of sp³-hybridized carbons (Fsp3) is 0.0303. The lowest BCUT2D eigenvalue weighted by Gasteiger charge is -2.13. The second-order valence-electron chi connectivity index (χ2n) is 9.03. The number of hydrogen-bond acceptors (Lipinski definition) is 3. The summed E-state index contributed by atoms with van der Waals surface area (Å²) >= 11 is 8.05. The number of aromatic nitrogens is 1. The van der Waals surface area contributed by atoms with Crippen molar-refractivity contribution < 1.29 is 4.79 Å². The van der Waals surface area contributed by atoms with Crippen molar-refractivity contribution in [2.45, 2.75) is 6.54 Å². The molecule has 1 heterocycles. The highest BCUT2D eigenvalue weighted by atomic mass is 35.5. The third-order valence-corrected chi connectivity index (χ3v) is 7.85. The molecule has 0 saturated heterocycles. The number of nitrogens with one attached hydrogen (secondary N) is 1. The van der Waals surface area contributed by atoms with Crippen LogP contribution in [-0.2, 0) is 6.54 Å². The second kappa shape index (κ2) is 11.1. The highest BCUT2D eigenvalue weighted by Gasteiger charge is 2.20. The van der Waals surface area contributed by atoms with E-state index in [4.69, 9.17) is 16.6 Å². The van der Waals surface area contributed by atoms with Gasteiger partial charge < -0.3 is 9.88 Å². The van der Waals surface area contributed by atoms with Gasteiger partial charge in [-0.3, -0.25) is 4.79 Å². The van der Waals surface area contributed by atoms with E-state index < -0.39 is 0 Å². The molecule has 6 aromatic rings. The van der Waals surface area contributed by atoms with E-state index in [-0.39, 0.29) is 5.91 Å². The van der Waals surface area contributed by atoms with Crippen LogP contribution in [0.4, 0.5) is 10.7 Å². The fourth-order valence-corrected chi connectivity index (χ4v) is 5.88. The maximum Gasteiger partial charge on any atom is 0.256 e. The summed E-state index contributed by atoms with van der Waals surface area (Å²) in [4.78, 5) is 19.5. The molecule has 1 amide bonds. The van der Waals surface area contributed by atoms with Crippen molar-refractivity contribution in [1.29, 1.82) is 0 Å². The predicted molar refractivity (Wildman–Crippen MR) is 162 cm³/mol. The van der Waals surface area contributed by atoms with Gasteiger partial charge in [-0.15, -0.1) is 0 Å². The third kappa shape index (κ3) is 5.28. The van der Waals surface area contributed by atoms with Gasteiger partial charge in [0.2, 0.25) is 0 Å². The Morgan fingerprint density at radius 3 is 2.23 bits per heavy atom. The number of thiazole rings is 1. The lowest BCUT2D eigenvalue weighted by Crippen LogP contribution is -2.17. The number of rotatable bonds is 6. The first-order chi connectivity index (χ1) is 19.2. The first-order valence-electron chi connectivity index (χ1n) is 12.6. The number of para-hydroxylation sites is 1. The molecule has 6 heteroatoms. The van der Waals surface area contributed by atoms with Crippen LogP contribution in [0.5, 0.6) is 0 Å². The van der Waals surface area contributed by atoms with Gasteiger partial charge in [0.15, 0.2) is 4.80 Å². The number of amides is 1. The van der Waals surface area contributed by atoms with Crippen molar-refractivity contribution in [3.05, 3.63) is 148 Å². The molecule has 0 radical (unpaired) electrons. The molecule has 0 aliphatic heterocycles. The lowest BCUT2D eigenvalue weighted by molar-refractivity contribution is 0.102. The number of carbonyl (C=O) groups is 1. The van der Waals surface area contributed by atoms with Gasteiger partial charge in [-0.2, -0.15) is 0 Å². The SMILES string of the molecule is O=C(Nc1sc(=Nc2ccccc2)n(Cc2ccccc2Cl)c1-c1ccccc1)c1cccc2ccccc12. The summed E-state index contributed by atoms with van der Waals surface area (Å²) in [7, 11) is 0. The topological polar surface area (TPSA) is 46.4 Å². The van der Waals surface area contributed by atoms with Crippen molar-refractivity contribution in [3.8, 4) is 11.3 Å². The van der Waals surface area contributed by atoms with E-state index in [0.717, 1.165) is 43.1 Å². The minimum absolute atomic E-state index is 0.165. The zero-order valence-corrected chi connectivity index (χ0v) is 22.5. The fourth-order valence-electron chi connectivity index (χ4n) is 4.61. The summed E-state index contributed by atoms with van der Waals surface area (Å²) in [5, 5.41) is 6.57. The molecule has 0 unspecified atom stereocenters. The summed E-state index contributed by atoms with van der Waals surface area (Å²) in [6, 6.07) is 41.4. The number of carbonyl (C=O) groups excluding carboxylic acids is 1. The molecule has 4 nitrogen and oxygen atoms in total. The zero-order valence-electron chi connectivity index (χ0n) is 20.9. The van der Waals surface area contributed by atoms with Gasteiger partial charge in [-0.1, -0.05) is 126 Å². The third-order valence-electron chi connectivity index (χ3n) is 6.49. The lowest BCUT2D eigenvalue weighted by atomic mass is 10.0. The highest BCUT2D eigenvalue weighted by Crippen LogP contribution is 2.33. The Bertz CT molecular complexity index is 1840. The Kier molecular flexibility index (Phi) is 7.09. The van der Waals surface area contributed by atoms with Gasteiger partial charge in [0.1, 0.15) is 5.00 Å². The standard InChI is InChI=1S/C33H24ClN3OS/c34-29-21-10-8-15-25(29)22-37-30(24-13-3-1-4-14-24)32(39-33(37)35-26-17-5-2-6-18-26)36-31(38)28-20-11-16-23-12-7-9-19-27(23)28/h1-21H,22H2,(H,36,38). The van der Waals surface area contributed by atoms with Gasteiger partial charge in [-0.05, 0) is 40.6 Å². The van der Waals surface area contributed by atoms with Crippen LogP contribution in [0.25, 0.3) is 22.0 Å². The van der Waals surface area contributed by atoms with Crippen molar-refractivity contribution in [1.82, 2.24) is 4.57 Å². The predicted octanol–water partition coefficient (Wildman–Crippen LogP) is 8.56. The van der Waals surface area contributed by atoms with E-state index in [1.165, 1.54) is 11.3 Å². The van der Waals surface area contributed by atoms with Crippen molar-refractivity contribution >= 4 is 50.3 Å². The smallest absolute Gasteiger partial charge is 0.256 e. The van der Waals surface area contributed by atoms with Gasteiger partial charge in [0.05, 0.1) is 17.9 Å². The Balaban J connectivity index is 1.54. The Morgan fingerprint density at radius 2 is 1.44 bits per heavy atom. The van der Waals surface area contributed by atoms with E-state index in [9.17, 15) is 4.79 Å². The maximum atomic E-state index is 13.7. The molecular formula is C33H24ClN3OS. The van der Waals surface area contributed by atoms with Crippen LogP contribution in [0.2, 0.25) is 5.02 Å². The molecule has 0 saturated carbocycles. The van der Waals surface area contributed by atoms with Crippen molar-refractivity contribution in [2.24, 2.45) is 4.99 Å². The van der Waals surface area contributed by atoms with Gasteiger partial charge in [0, 0.05) is 16.1 Å². The average molecular weight is 546 g/mol. The summed E-state index contributed by atoms with van der Waals surface area (Å²) in [5.41, 5.74) is 4.28. The Hall–Kier alpha value is -4.45. The molecule has 0 aliphatic rings. The largest absolute Gasteiger partial charge is 0.312 e. The minimum atomic E-state index is -0.165. The van der Waals surface area contributed by atoms with Crippen LogP contribution >= 0.6 is 22.9 Å². The zero-order chi connectivity index (χ0) is 26.6. The monoisotopic (exact) mass is 545 g/mol. The summed E-state index contributed by atoms with van der Waals surface area (Å²) in [5.74, 6) is -0.165. The number of benzene rings is 5. The Labute approximate surface area is 235 Å². The summed E-state index contributed by atoms with van der Waals surface area (Å²) < 4.78 is 2.13. The van der Waals surface area contributed by atoms with Crippen LogP contribution < -0.4 is 10.1 Å². The first-order valence-corrected chi connectivity index (χ1v) is 13.8. The molecule has 0 spiro atoms. The van der Waals surface area contributed by atoms with E-state index in [0.29, 0.717) is 17.1 Å².